The quantitative estimate of drug-likeness (QED) is 0.324. The number of anilines is 1. The predicted molar refractivity (Wildman–Crippen MR) is 122 cm³/mol. The zero-order chi connectivity index (χ0) is 24.7. The molecule has 1 aliphatic heterocycles. The Morgan fingerprint density at radius 1 is 0.941 bits per heavy atom. The van der Waals surface area contributed by atoms with Gasteiger partial charge in [-0.3, -0.25) is 14.5 Å². The SMILES string of the molecule is COc1ccc(C2/C(=C(\O)c3ccc(C)c(C)c3)C(=O)C(=O)N2c2ccc(F)c(F)c2)cc1O. The molecular weight excluding hydrogens is 444 g/mol. The monoisotopic (exact) mass is 465 g/mol. The first-order valence-corrected chi connectivity index (χ1v) is 10.3. The summed E-state index contributed by atoms with van der Waals surface area (Å²) in [6.07, 6.45) is 0. The highest BCUT2D eigenvalue weighted by Crippen LogP contribution is 2.44. The molecule has 0 aliphatic carbocycles. The van der Waals surface area contributed by atoms with Crippen molar-refractivity contribution < 1.29 is 33.3 Å². The van der Waals surface area contributed by atoms with Crippen molar-refractivity contribution in [3.63, 3.8) is 0 Å². The molecule has 1 saturated heterocycles. The highest BCUT2D eigenvalue weighted by molar-refractivity contribution is 6.51. The van der Waals surface area contributed by atoms with Crippen LogP contribution in [0.5, 0.6) is 11.5 Å². The number of methoxy groups -OCH3 is 1. The van der Waals surface area contributed by atoms with Crippen molar-refractivity contribution in [2.75, 3.05) is 12.0 Å². The third-order valence-electron chi connectivity index (χ3n) is 5.92. The van der Waals surface area contributed by atoms with Crippen molar-refractivity contribution in [3.8, 4) is 11.5 Å². The number of hydrogen-bond donors (Lipinski definition) is 2. The number of ether oxygens (including phenoxy) is 1. The summed E-state index contributed by atoms with van der Waals surface area (Å²) in [6, 6.07) is 10.9. The van der Waals surface area contributed by atoms with Crippen molar-refractivity contribution in [3.05, 3.63) is 94.1 Å². The Bertz CT molecular complexity index is 1370. The molecule has 0 aromatic heterocycles. The van der Waals surface area contributed by atoms with Gasteiger partial charge in [-0.15, -0.1) is 0 Å². The minimum atomic E-state index is -1.22. The fraction of sp³-hybridized carbons (Fsp3) is 0.154. The van der Waals surface area contributed by atoms with Crippen LogP contribution >= 0.6 is 0 Å². The second kappa shape index (κ2) is 8.62. The molecule has 3 aromatic carbocycles. The van der Waals surface area contributed by atoms with E-state index in [4.69, 9.17) is 4.74 Å². The predicted octanol–water partition coefficient (Wildman–Crippen LogP) is 4.92. The van der Waals surface area contributed by atoms with Crippen LogP contribution in [0.1, 0.15) is 28.3 Å². The van der Waals surface area contributed by atoms with Gasteiger partial charge in [-0.1, -0.05) is 18.2 Å². The number of phenolic OH excluding ortho intramolecular Hbond substituents is 1. The number of aliphatic hydroxyl groups excluding tert-OH is 1. The summed E-state index contributed by atoms with van der Waals surface area (Å²) >= 11 is 0. The number of nitrogens with zero attached hydrogens (tertiary/aromatic N) is 1. The van der Waals surface area contributed by atoms with E-state index in [1.54, 1.807) is 18.2 Å². The number of Topliss-reactive ketones (excluding diaryl/α,β-unsaturated/α-hetero) is 1. The van der Waals surface area contributed by atoms with Gasteiger partial charge in [0.1, 0.15) is 5.76 Å². The second-order valence-electron chi connectivity index (χ2n) is 8.00. The Morgan fingerprint density at radius 2 is 1.68 bits per heavy atom. The van der Waals surface area contributed by atoms with Crippen LogP contribution in [-0.4, -0.2) is 29.0 Å². The number of aromatic hydroxyl groups is 1. The summed E-state index contributed by atoms with van der Waals surface area (Å²) < 4.78 is 32.7. The number of carbonyl (C=O) groups is 2. The number of aliphatic hydroxyl groups is 1. The topological polar surface area (TPSA) is 87.1 Å². The number of ketones is 1. The summed E-state index contributed by atoms with van der Waals surface area (Å²) in [4.78, 5) is 27.2. The van der Waals surface area contributed by atoms with Gasteiger partial charge in [-0.25, -0.2) is 8.78 Å². The van der Waals surface area contributed by atoms with E-state index in [0.29, 0.717) is 5.56 Å². The lowest BCUT2D eigenvalue weighted by atomic mass is 9.94. The molecular formula is C26H21F2NO5. The van der Waals surface area contributed by atoms with E-state index < -0.39 is 35.1 Å². The van der Waals surface area contributed by atoms with Gasteiger partial charge in [0.25, 0.3) is 11.7 Å². The molecule has 1 unspecified atom stereocenters. The van der Waals surface area contributed by atoms with Gasteiger partial charge < -0.3 is 14.9 Å². The average Bonchev–Trinajstić information content (AvgIpc) is 3.07. The van der Waals surface area contributed by atoms with Crippen molar-refractivity contribution in [2.45, 2.75) is 19.9 Å². The first-order valence-electron chi connectivity index (χ1n) is 10.3. The highest BCUT2D eigenvalue weighted by atomic mass is 19.2. The van der Waals surface area contributed by atoms with Crippen molar-refractivity contribution in [2.24, 2.45) is 0 Å². The minimum Gasteiger partial charge on any atom is -0.507 e. The Hall–Kier alpha value is -4.20. The van der Waals surface area contributed by atoms with Gasteiger partial charge in [0.2, 0.25) is 0 Å². The molecule has 2 N–H and O–H groups in total. The molecule has 1 amide bonds. The van der Waals surface area contributed by atoms with Crippen LogP contribution in [0.4, 0.5) is 14.5 Å². The summed E-state index contributed by atoms with van der Waals surface area (Å²) in [5.41, 5.74) is 2.07. The molecule has 0 radical (unpaired) electrons. The normalized spacial score (nSPS) is 17.3. The third kappa shape index (κ3) is 3.77. The standard InChI is InChI=1S/C26H21F2NO5/c1-13-4-5-16(10-14(13)2)24(31)22-23(15-6-9-21(34-3)20(30)11-15)29(26(33)25(22)32)17-7-8-18(27)19(28)12-17/h4-12,23,30-31H,1-3H3/b24-22+. The lowest BCUT2D eigenvalue weighted by Crippen LogP contribution is -2.29. The number of hydrogen-bond acceptors (Lipinski definition) is 5. The van der Waals surface area contributed by atoms with Crippen LogP contribution < -0.4 is 9.64 Å². The summed E-state index contributed by atoms with van der Waals surface area (Å²) in [5.74, 6) is -4.88. The fourth-order valence-electron chi connectivity index (χ4n) is 3.97. The lowest BCUT2D eigenvalue weighted by molar-refractivity contribution is -0.132. The van der Waals surface area contributed by atoms with Gasteiger partial charge in [-0.2, -0.15) is 0 Å². The molecule has 6 nitrogen and oxygen atoms in total. The highest BCUT2D eigenvalue weighted by Gasteiger charge is 2.47. The third-order valence-corrected chi connectivity index (χ3v) is 5.92. The van der Waals surface area contributed by atoms with E-state index in [-0.39, 0.29) is 28.3 Å². The fourth-order valence-corrected chi connectivity index (χ4v) is 3.97. The molecule has 0 saturated carbocycles. The molecule has 1 aliphatic rings. The van der Waals surface area contributed by atoms with E-state index in [0.717, 1.165) is 34.2 Å². The maximum atomic E-state index is 14.0. The van der Waals surface area contributed by atoms with E-state index in [1.165, 1.54) is 25.3 Å². The van der Waals surface area contributed by atoms with Crippen LogP contribution in [0.25, 0.3) is 5.76 Å². The van der Waals surface area contributed by atoms with Crippen LogP contribution in [0.15, 0.2) is 60.2 Å². The van der Waals surface area contributed by atoms with Crippen LogP contribution in [0.2, 0.25) is 0 Å². The number of benzene rings is 3. The number of aryl methyl sites for hydroxylation is 2. The minimum absolute atomic E-state index is 0.0829. The molecule has 1 atom stereocenters. The molecule has 174 valence electrons. The van der Waals surface area contributed by atoms with Gasteiger partial charge >= 0.3 is 0 Å². The first kappa shape index (κ1) is 23.0. The Morgan fingerprint density at radius 3 is 2.29 bits per heavy atom. The number of phenols is 1. The zero-order valence-corrected chi connectivity index (χ0v) is 18.6. The average molecular weight is 465 g/mol. The summed E-state index contributed by atoms with van der Waals surface area (Å²) in [5, 5.41) is 21.5. The molecule has 34 heavy (non-hydrogen) atoms. The smallest absolute Gasteiger partial charge is 0.300 e. The zero-order valence-electron chi connectivity index (χ0n) is 18.6. The molecule has 4 rings (SSSR count). The van der Waals surface area contributed by atoms with E-state index in [9.17, 15) is 28.6 Å². The number of carbonyl (C=O) groups excluding carboxylic acids is 2. The van der Waals surface area contributed by atoms with Gasteiger partial charge in [-0.05, 0) is 60.9 Å². The Labute approximate surface area is 194 Å². The van der Waals surface area contributed by atoms with Crippen LogP contribution in [0.3, 0.4) is 0 Å². The Kier molecular flexibility index (Phi) is 5.83. The Balaban J connectivity index is 1.98. The number of rotatable bonds is 4. The van der Waals surface area contributed by atoms with Crippen molar-refractivity contribution in [1.82, 2.24) is 0 Å². The van der Waals surface area contributed by atoms with E-state index in [1.807, 2.05) is 13.8 Å². The van der Waals surface area contributed by atoms with E-state index in [2.05, 4.69) is 0 Å². The van der Waals surface area contributed by atoms with Crippen molar-refractivity contribution >= 4 is 23.1 Å². The molecule has 0 bridgehead atoms. The lowest BCUT2D eigenvalue weighted by Gasteiger charge is -2.26. The van der Waals surface area contributed by atoms with Gasteiger partial charge in [0, 0.05) is 17.3 Å². The van der Waals surface area contributed by atoms with Crippen molar-refractivity contribution in [1.29, 1.82) is 0 Å². The van der Waals surface area contributed by atoms with Crippen LogP contribution in [0, 0.1) is 25.5 Å². The van der Waals surface area contributed by atoms with Gasteiger partial charge in [0.15, 0.2) is 23.1 Å². The summed E-state index contributed by atoms with van der Waals surface area (Å²) in [6.45, 7) is 3.73. The largest absolute Gasteiger partial charge is 0.507 e. The second-order valence-corrected chi connectivity index (χ2v) is 8.00. The molecule has 3 aromatic rings. The molecule has 0 spiro atoms. The number of amides is 1. The maximum Gasteiger partial charge on any atom is 0.300 e. The first-order chi connectivity index (χ1) is 16.1. The summed E-state index contributed by atoms with van der Waals surface area (Å²) in [7, 11) is 1.36. The molecule has 1 heterocycles. The van der Waals surface area contributed by atoms with E-state index >= 15 is 0 Å². The molecule has 1 fully saturated rings. The molecule has 8 heteroatoms. The maximum absolute atomic E-state index is 14.0. The van der Waals surface area contributed by atoms with Crippen LogP contribution in [-0.2, 0) is 9.59 Å². The van der Waals surface area contributed by atoms with Gasteiger partial charge in [0.05, 0.1) is 18.7 Å². The number of halogens is 2.